The molecule has 0 radical (unpaired) electrons. The minimum absolute atomic E-state index is 0.00424. The number of nitrogen functional groups attached to an aromatic ring is 1. The molecule has 0 bridgehead atoms. The molecule has 2 rings (SSSR count). The Balaban J connectivity index is 2.36. The summed E-state index contributed by atoms with van der Waals surface area (Å²) in [5.41, 5.74) is 5.19. The monoisotopic (exact) mass is 531 g/mol. The summed E-state index contributed by atoms with van der Waals surface area (Å²) in [5.74, 6) is -1.55. The number of terminal acetylenes is 1. The van der Waals surface area contributed by atoms with Crippen molar-refractivity contribution < 1.29 is 29.0 Å². The average molecular weight is 532 g/mol. The maximum absolute atomic E-state index is 13.4. The minimum Gasteiger partial charge on any atom is -0.481 e. The Morgan fingerprint density at radius 3 is 2.42 bits per heavy atom. The number of rotatable bonds is 13. The third kappa shape index (κ3) is 7.09. The highest BCUT2D eigenvalue weighted by atomic mass is 16.5. The van der Waals surface area contributed by atoms with Crippen LogP contribution in [0.1, 0.15) is 58.2 Å². The molecule has 0 fully saturated rings. The predicted molar refractivity (Wildman–Crippen MR) is 137 cm³/mol. The number of nitrogens with zero attached hydrogens (tertiary/aromatic N) is 4. The molecule has 14 nitrogen and oxygen atoms in total. The summed E-state index contributed by atoms with van der Waals surface area (Å²) in [6, 6.07) is -2.36. The van der Waals surface area contributed by atoms with Crippen LogP contribution in [0.15, 0.2) is 4.79 Å². The molecule has 14 heteroatoms. The van der Waals surface area contributed by atoms with Crippen LogP contribution in [0, 0.1) is 18.3 Å². The first-order valence-corrected chi connectivity index (χ1v) is 12.1. The molecule has 0 aliphatic heterocycles. The van der Waals surface area contributed by atoms with Crippen molar-refractivity contribution in [3.8, 4) is 18.4 Å². The van der Waals surface area contributed by atoms with E-state index >= 15 is 0 Å². The van der Waals surface area contributed by atoms with Gasteiger partial charge in [0.2, 0.25) is 11.8 Å². The number of hydrogen-bond donors (Lipinski definition) is 4. The Morgan fingerprint density at radius 2 is 1.84 bits per heavy atom. The summed E-state index contributed by atoms with van der Waals surface area (Å²) in [6.07, 6.45) is 6.32. The highest BCUT2D eigenvalue weighted by Crippen LogP contribution is 2.21. The Morgan fingerprint density at radius 1 is 1.16 bits per heavy atom. The van der Waals surface area contributed by atoms with Gasteiger partial charge in [0.05, 0.1) is 19.6 Å². The topological polar surface area (TPSA) is 201 Å². The second-order valence-corrected chi connectivity index (χ2v) is 8.93. The van der Waals surface area contributed by atoms with Gasteiger partial charge in [-0.25, -0.2) is 9.36 Å². The van der Waals surface area contributed by atoms with Crippen molar-refractivity contribution in [3.63, 3.8) is 0 Å². The second-order valence-electron chi connectivity index (χ2n) is 8.93. The molecule has 0 saturated heterocycles. The summed E-state index contributed by atoms with van der Waals surface area (Å²) < 4.78 is 7.33. The zero-order valence-corrected chi connectivity index (χ0v) is 21.8. The van der Waals surface area contributed by atoms with E-state index in [1.165, 1.54) is 6.92 Å². The van der Waals surface area contributed by atoms with Gasteiger partial charge in [-0.05, 0) is 19.3 Å². The van der Waals surface area contributed by atoms with Gasteiger partial charge in [-0.15, -0.1) is 6.42 Å². The summed E-state index contributed by atoms with van der Waals surface area (Å²) >= 11 is 0. The van der Waals surface area contributed by atoms with Crippen molar-refractivity contribution in [3.05, 3.63) is 10.5 Å². The number of carboxylic acid groups (broad SMARTS) is 1. The van der Waals surface area contributed by atoms with E-state index in [0.717, 1.165) is 22.0 Å². The first-order chi connectivity index (χ1) is 17.9. The number of hydrogen-bond acceptors (Lipinski definition) is 9. The number of amides is 2. The summed E-state index contributed by atoms with van der Waals surface area (Å²) in [5, 5.41) is 13.7. The van der Waals surface area contributed by atoms with Crippen molar-refractivity contribution >= 4 is 40.7 Å². The number of nitrogens with two attached hydrogens (primary N) is 1. The Kier molecular flexibility index (Phi) is 10.4. The maximum Gasteiger partial charge on any atom is 0.338 e. The third-order valence-electron chi connectivity index (χ3n) is 5.53. The number of anilines is 1. The maximum atomic E-state index is 13.4. The number of carboxylic acids is 1. The molecule has 0 unspecified atom stereocenters. The van der Waals surface area contributed by atoms with Crippen LogP contribution >= 0.6 is 0 Å². The molecule has 2 aromatic rings. The number of ether oxygens (including phenoxy) is 1. The Labute approximate surface area is 218 Å². The van der Waals surface area contributed by atoms with Crippen molar-refractivity contribution in [2.75, 3.05) is 12.3 Å². The van der Waals surface area contributed by atoms with Crippen LogP contribution in [0.2, 0.25) is 0 Å². The van der Waals surface area contributed by atoms with Gasteiger partial charge < -0.3 is 26.2 Å². The quantitative estimate of drug-likeness (QED) is 0.203. The molecule has 0 saturated carbocycles. The van der Waals surface area contributed by atoms with E-state index in [-0.39, 0.29) is 41.9 Å². The molecule has 0 spiro atoms. The van der Waals surface area contributed by atoms with Crippen LogP contribution < -0.4 is 26.8 Å². The zero-order valence-electron chi connectivity index (χ0n) is 21.8. The zero-order chi connectivity index (χ0) is 28.6. The van der Waals surface area contributed by atoms with Crippen LogP contribution in [0.25, 0.3) is 11.2 Å². The molecule has 0 aliphatic carbocycles. The van der Waals surface area contributed by atoms with E-state index < -0.39 is 47.9 Å². The number of unbranched alkanes of at least 4 members (excludes halogenated alkanes) is 1. The van der Waals surface area contributed by atoms with E-state index in [1.54, 1.807) is 13.8 Å². The first-order valence-electron chi connectivity index (χ1n) is 12.1. The number of aromatic nitrogens is 4. The van der Waals surface area contributed by atoms with E-state index in [2.05, 4.69) is 26.5 Å². The van der Waals surface area contributed by atoms with Gasteiger partial charge in [0, 0.05) is 6.42 Å². The van der Waals surface area contributed by atoms with Gasteiger partial charge in [-0.1, -0.05) is 33.1 Å². The molecule has 0 aliphatic rings. The molecule has 2 aromatic heterocycles. The molecular weight excluding hydrogens is 498 g/mol. The van der Waals surface area contributed by atoms with Gasteiger partial charge in [0.15, 0.2) is 11.5 Å². The largest absolute Gasteiger partial charge is 0.481 e. The molecule has 206 valence electrons. The number of aliphatic carboxylic acids is 1. The van der Waals surface area contributed by atoms with Crippen molar-refractivity contribution in [1.82, 2.24) is 29.7 Å². The fraction of sp³-hybridized carbons (Fsp3) is 0.542. The average Bonchev–Trinajstić information content (AvgIpc) is 3.12. The van der Waals surface area contributed by atoms with Crippen LogP contribution in [0.4, 0.5) is 5.82 Å². The van der Waals surface area contributed by atoms with Gasteiger partial charge in [0.25, 0.3) is 5.91 Å². The predicted octanol–water partition coefficient (Wildman–Crippen LogP) is 0.138. The molecule has 38 heavy (non-hydrogen) atoms. The Hall–Kier alpha value is -4.41. The normalized spacial score (nSPS) is 12.5. The standard InChI is InChI=1S/C24H33N7O7/c1-6-8-12-38-23-28-19(25)18-20(29-23)30(11-7-2)24(37)31(18)22(36)14(5)26-21(35)17(13(3)4)27-15(32)9-10-16(33)34/h2,13-14,17H,6,8-12H2,1,3-5H3,(H,26,35)(H,27,32)(H,33,34)(H2,25,28,29)/t14-,17-/m0/s1. The van der Waals surface area contributed by atoms with Crippen molar-refractivity contribution in [1.29, 1.82) is 0 Å². The lowest BCUT2D eigenvalue weighted by Crippen LogP contribution is -2.54. The fourth-order valence-corrected chi connectivity index (χ4v) is 3.52. The lowest BCUT2D eigenvalue weighted by atomic mass is 10.0. The number of carbonyl (C=O) groups excluding carboxylic acids is 3. The van der Waals surface area contributed by atoms with Crippen LogP contribution in [-0.4, -0.2) is 66.6 Å². The molecule has 2 heterocycles. The highest BCUT2D eigenvalue weighted by molar-refractivity contribution is 5.98. The van der Waals surface area contributed by atoms with Crippen molar-refractivity contribution in [2.45, 2.75) is 72.0 Å². The number of imidazole rings is 1. The van der Waals surface area contributed by atoms with Gasteiger partial charge in [-0.2, -0.15) is 9.97 Å². The minimum atomic E-state index is -1.23. The summed E-state index contributed by atoms with van der Waals surface area (Å²) in [4.78, 5) is 70.5. The van der Waals surface area contributed by atoms with Crippen LogP contribution in [-0.2, 0) is 20.9 Å². The third-order valence-corrected chi connectivity index (χ3v) is 5.53. The highest BCUT2D eigenvalue weighted by Gasteiger charge is 2.30. The van der Waals surface area contributed by atoms with E-state index in [4.69, 9.17) is 22.0 Å². The SMILES string of the molecule is C#CCn1c(=O)n(C(=O)[C@H](C)NC(=O)[C@@H](NC(=O)CCC(=O)O)C(C)C)c2c(N)nc(OCCCC)nc21. The molecule has 0 aromatic carbocycles. The molecule has 2 amide bonds. The number of carbonyl (C=O) groups is 4. The van der Waals surface area contributed by atoms with Gasteiger partial charge >= 0.3 is 17.7 Å². The fourth-order valence-electron chi connectivity index (χ4n) is 3.52. The van der Waals surface area contributed by atoms with E-state index in [1.807, 2.05) is 6.92 Å². The molecule has 5 N–H and O–H groups in total. The van der Waals surface area contributed by atoms with Crippen LogP contribution in [0.3, 0.4) is 0 Å². The smallest absolute Gasteiger partial charge is 0.338 e. The lowest BCUT2D eigenvalue weighted by molar-refractivity contribution is -0.139. The van der Waals surface area contributed by atoms with E-state index in [0.29, 0.717) is 6.61 Å². The molecule has 2 atom stereocenters. The summed E-state index contributed by atoms with van der Waals surface area (Å²) in [7, 11) is 0. The van der Waals surface area contributed by atoms with Crippen LogP contribution in [0.5, 0.6) is 6.01 Å². The second kappa shape index (κ2) is 13.2. The number of fused-ring (bicyclic) bond motifs is 1. The number of nitrogens with one attached hydrogen (secondary N) is 2. The molecular formula is C24H33N7O7. The first kappa shape index (κ1) is 29.8. The van der Waals surface area contributed by atoms with Crippen molar-refractivity contribution in [2.24, 2.45) is 5.92 Å². The Bertz CT molecular complexity index is 1310. The van der Waals surface area contributed by atoms with Gasteiger partial charge in [-0.3, -0.25) is 23.7 Å². The lowest BCUT2D eigenvalue weighted by Gasteiger charge is -2.23. The van der Waals surface area contributed by atoms with Gasteiger partial charge in [0.1, 0.15) is 17.6 Å². The van der Waals surface area contributed by atoms with E-state index in [9.17, 15) is 24.0 Å². The summed E-state index contributed by atoms with van der Waals surface area (Å²) in [6.45, 7) is 6.80.